The molecule has 3 aromatic rings. The van der Waals surface area contributed by atoms with Crippen LogP contribution in [0.25, 0.3) is 0 Å². The summed E-state index contributed by atoms with van der Waals surface area (Å²) in [6, 6.07) is 13.5. The average Bonchev–Trinajstić information content (AvgIpc) is 3.25. The van der Waals surface area contributed by atoms with Gasteiger partial charge in [-0.3, -0.25) is 9.59 Å². The molecule has 2 amide bonds. The molecule has 1 heterocycles. The van der Waals surface area contributed by atoms with Crippen molar-refractivity contribution in [3.63, 3.8) is 0 Å². The molecule has 0 aliphatic carbocycles. The monoisotopic (exact) mass is 629 g/mol. The van der Waals surface area contributed by atoms with Crippen LogP contribution in [0.2, 0.25) is 5.02 Å². The van der Waals surface area contributed by atoms with Crippen molar-refractivity contribution in [3.8, 4) is 0 Å². The zero-order chi connectivity index (χ0) is 26.5. The fourth-order valence-electron chi connectivity index (χ4n) is 3.32. The molecular weight excluding hydrogens is 606 g/mol. The molecule has 0 aliphatic rings. The third kappa shape index (κ3) is 7.11. The summed E-state index contributed by atoms with van der Waals surface area (Å²) in [6.45, 7) is 4.40. The Morgan fingerprint density at radius 3 is 2.33 bits per heavy atom. The van der Waals surface area contributed by atoms with E-state index in [1.54, 1.807) is 32.0 Å². The zero-order valence-corrected chi connectivity index (χ0v) is 24.6. The highest BCUT2D eigenvalue weighted by molar-refractivity contribution is 9.11. The molecule has 2 aromatic carbocycles. The Labute approximate surface area is 233 Å². The van der Waals surface area contributed by atoms with Crippen molar-refractivity contribution in [3.05, 3.63) is 68.3 Å². The Morgan fingerprint density at radius 2 is 1.75 bits per heavy atom. The summed E-state index contributed by atoms with van der Waals surface area (Å²) < 4.78 is 28.5. The quantitative estimate of drug-likeness (QED) is 0.296. The number of amides is 2. The van der Waals surface area contributed by atoms with Crippen LogP contribution < -0.4 is 5.32 Å². The second-order valence-electron chi connectivity index (χ2n) is 7.68. The molecule has 12 heteroatoms. The van der Waals surface area contributed by atoms with Gasteiger partial charge in [0.05, 0.1) is 14.4 Å². The van der Waals surface area contributed by atoms with Crippen molar-refractivity contribution < 1.29 is 18.0 Å². The van der Waals surface area contributed by atoms with Crippen LogP contribution in [-0.4, -0.2) is 49.6 Å². The van der Waals surface area contributed by atoms with Crippen molar-refractivity contribution in [1.29, 1.82) is 0 Å². The van der Waals surface area contributed by atoms with E-state index >= 15 is 0 Å². The first kappa shape index (κ1) is 28.7. The summed E-state index contributed by atoms with van der Waals surface area (Å²) in [5.74, 6) is -1.60. The number of likely N-dealkylation sites (N-methyl/N-ethyl adjacent to an activating group) is 1. The number of sulfonamides is 1. The largest absolute Gasteiger partial charge is 0.333 e. The van der Waals surface area contributed by atoms with Crippen LogP contribution in [0, 0.1) is 0 Å². The number of hydrogen-bond donors (Lipinski definition) is 1. The molecule has 192 valence electrons. The first-order valence-electron chi connectivity index (χ1n) is 10.9. The predicted octanol–water partition coefficient (Wildman–Crippen LogP) is 5.94. The minimum atomic E-state index is -3.77. The molecule has 0 bridgehead atoms. The molecule has 0 saturated heterocycles. The minimum Gasteiger partial charge on any atom is -0.333 e. The third-order valence-corrected chi connectivity index (χ3v) is 10.1. The number of carbonyl (C=O) groups excluding carboxylic acids is 2. The fourth-order valence-corrected chi connectivity index (χ4v) is 7.02. The topological polar surface area (TPSA) is 86.8 Å². The number of thiophene rings is 1. The molecule has 0 unspecified atom stereocenters. The van der Waals surface area contributed by atoms with Crippen LogP contribution in [0.15, 0.2) is 72.4 Å². The van der Waals surface area contributed by atoms with Crippen molar-refractivity contribution in [1.82, 2.24) is 9.21 Å². The van der Waals surface area contributed by atoms with E-state index in [4.69, 9.17) is 11.6 Å². The predicted molar refractivity (Wildman–Crippen MR) is 149 cm³/mol. The second-order valence-corrected chi connectivity index (χ2v) is 13.5. The number of halogens is 2. The molecule has 0 fully saturated rings. The van der Waals surface area contributed by atoms with E-state index in [1.807, 2.05) is 23.6 Å². The van der Waals surface area contributed by atoms with Gasteiger partial charge in [0.25, 0.3) is 0 Å². The summed E-state index contributed by atoms with van der Waals surface area (Å²) in [7, 11) is -2.23. The van der Waals surface area contributed by atoms with Gasteiger partial charge in [-0.15, -0.1) is 11.3 Å². The van der Waals surface area contributed by atoms with E-state index in [0.717, 1.165) is 14.2 Å². The summed E-state index contributed by atoms with van der Waals surface area (Å²) in [5.41, 5.74) is 1.12. The van der Waals surface area contributed by atoms with Crippen LogP contribution in [0.3, 0.4) is 0 Å². The lowest BCUT2D eigenvalue weighted by molar-refractivity contribution is -0.142. The Balaban J connectivity index is 1.91. The Morgan fingerprint density at radius 1 is 1.08 bits per heavy atom. The fraction of sp³-hybridized carbons (Fsp3) is 0.250. The van der Waals surface area contributed by atoms with Gasteiger partial charge in [0, 0.05) is 41.5 Å². The minimum absolute atomic E-state index is 0.0332. The number of rotatable bonds is 9. The van der Waals surface area contributed by atoms with Gasteiger partial charge < -0.3 is 10.2 Å². The first-order valence-corrected chi connectivity index (χ1v) is 15.2. The number of benzene rings is 2. The number of nitrogens with zero attached hydrogens (tertiary/aromatic N) is 2. The number of hydrogen-bond acceptors (Lipinski definition) is 6. The first-order chi connectivity index (χ1) is 17.0. The van der Waals surface area contributed by atoms with Gasteiger partial charge in [-0.05, 0) is 75.4 Å². The van der Waals surface area contributed by atoms with Gasteiger partial charge >= 0.3 is 11.8 Å². The van der Waals surface area contributed by atoms with Gasteiger partial charge in [-0.2, -0.15) is 4.31 Å². The highest BCUT2D eigenvalue weighted by Crippen LogP contribution is 2.36. The Bertz CT molecular complexity index is 1340. The molecule has 7 nitrogen and oxygen atoms in total. The maximum atomic E-state index is 13.1. The normalized spacial score (nSPS) is 11.5. The van der Waals surface area contributed by atoms with Crippen molar-refractivity contribution >= 4 is 78.2 Å². The van der Waals surface area contributed by atoms with Crippen LogP contribution in [0.5, 0.6) is 0 Å². The van der Waals surface area contributed by atoms with Crippen LogP contribution >= 0.6 is 50.6 Å². The number of carbonyl (C=O) groups is 2. The molecule has 0 radical (unpaired) electrons. The Kier molecular flexibility index (Phi) is 10.0. The molecule has 1 aromatic heterocycles. The maximum Gasteiger partial charge on any atom is 0.313 e. The molecule has 0 atom stereocenters. The van der Waals surface area contributed by atoms with Gasteiger partial charge in [-0.1, -0.05) is 37.2 Å². The Hall–Kier alpha value is -1.89. The van der Waals surface area contributed by atoms with E-state index in [0.29, 0.717) is 23.0 Å². The van der Waals surface area contributed by atoms with Crippen molar-refractivity contribution in [2.24, 2.45) is 0 Å². The van der Waals surface area contributed by atoms with Crippen molar-refractivity contribution in [2.45, 2.75) is 35.1 Å². The van der Waals surface area contributed by atoms with E-state index < -0.39 is 21.8 Å². The molecule has 0 spiro atoms. The lowest BCUT2D eigenvalue weighted by Crippen LogP contribution is -2.36. The molecule has 36 heavy (non-hydrogen) atoms. The van der Waals surface area contributed by atoms with E-state index in [2.05, 4.69) is 21.2 Å². The number of anilines is 1. The number of nitrogens with one attached hydrogen (secondary N) is 1. The van der Waals surface area contributed by atoms with Gasteiger partial charge in [0.1, 0.15) is 0 Å². The van der Waals surface area contributed by atoms with Gasteiger partial charge in [0.15, 0.2) is 0 Å². The standard InChI is InChI=1S/C24H25BrClN3O4S3/c1-4-29(5-2)36(32,33)19-10-11-21(35-18-8-6-17(26)7-9-18)20(13-19)27-23(30)24(31)28(3)14-16-12-22(25)34-15-16/h6-13,15H,4-5,14H2,1-3H3,(H,27,30). The SMILES string of the molecule is CCN(CC)S(=O)(=O)c1ccc(Sc2ccc(Cl)cc2)c(NC(=O)C(=O)N(C)Cc2csc(Br)c2)c1. The highest BCUT2D eigenvalue weighted by Gasteiger charge is 2.25. The lowest BCUT2D eigenvalue weighted by Gasteiger charge is -2.20. The second kappa shape index (κ2) is 12.6. The van der Waals surface area contributed by atoms with Crippen LogP contribution in [-0.2, 0) is 26.2 Å². The summed E-state index contributed by atoms with van der Waals surface area (Å²) in [6.07, 6.45) is 0. The van der Waals surface area contributed by atoms with E-state index in [-0.39, 0.29) is 17.1 Å². The molecule has 0 saturated carbocycles. The average molecular weight is 631 g/mol. The molecule has 1 N–H and O–H groups in total. The maximum absolute atomic E-state index is 13.1. The van der Waals surface area contributed by atoms with E-state index in [9.17, 15) is 18.0 Å². The van der Waals surface area contributed by atoms with Gasteiger partial charge in [-0.25, -0.2) is 8.42 Å². The van der Waals surface area contributed by atoms with Crippen LogP contribution in [0.4, 0.5) is 5.69 Å². The zero-order valence-electron chi connectivity index (χ0n) is 19.8. The highest BCUT2D eigenvalue weighted by atomic mass is 79.9. The van der Waals surface area contributed by atoms with Gasteiger partial charge in [0.2, 0.25) is 10.0 Å². The van der Waals surface area contributed by atoms with E-state index in [1.165, 1.54) is 51.5 Å². The summed E-state index contributed by atoms with van der Waals surface area (Å²) in [5, 5.41) is 5.11. The lowest BCUT2D eigenvalue weighted by atomic mass is 10.3. The smallest absolute Gasteiger partial charge is 0.313 e. The molecular formula is C24H25BrClN3O4S3. The summed E-state index contributed by atoms with van der Waals surface area (Å²) in [4.78, 5) is 28.5. The van der Waals surface area contributed by atoms with Crippen molar-refractivity contribution in [2.75, 3.05) is 25.5 Å². The molecule has 3 rings (SSSR count). The molecule has 0 aliphatic heterocycles. The van der Waals surface area contributed by atoms with Crippen LogP contribution in [0.1, 0.15) is 19.4 Å². The third-order valence-electron chi connectivity index (χ3n) is 5.17. The summed E-state index contributed by atoms with van der Waals surface area (Å²) >= 11 is 12.2.